The van der Waals surface area contributed by atoms with Gasteiger partial charge in [-0.1, -0.05) is 22.9 Å². The quantitative estimate of drug-likeness (QED) is 0.645. The Morgan fingerprint density at radius 1 is 1.80 bits per heavy atom. The topological polar surface area (TPSA) is 39.2 Å². The molecule has 0 spiro atoms. The molecule has 5 heteroatoms. The maximum atomic E-state index is 10.2. The second kappa shape index (κ2) is 2.98. The second-order valence-corrected chi connectivity index (χ2v) is 2.81. The number of aromatic nitrogens is 1. The Morgan fingerprint density at radius 3 is 2.80 bits per heavy atom. The number of aldehydes is 1. The fraction of sp³-hybridized carbons (Fsp3) is 0.200. The van der Waals surface area contributed by atoms with Gasteiger partial charge in [0.2, 0.25) is 0 Å². The molecule has 0 radical (unpaired) electrons. The number of hydrogen-bond acceptors (Lipinski definition) is 4. The zero-order valence-electron chi connectivity index (χ0n) is 5.13. The molecule has 1 heterocycles. The average molecular weight is 178 g/mol. The summed E-state index contributed by atoms with van der Waals surface area (Å²) in [5, 5.41) is 0.615. The van der Waals surface area contributed by atoms with Crippen LogP contribution in [-0.2, 0) is 0 Å². The van der Waals surface area contributed by atoms with Crippen LogP contribution >= 0.6 is 22.9 Å². The summed E-state index contributed by atoms with van der Waals surface area (Å²) in [4.78, 5) is 14.3. The summed E-state index contributed by atoms with van der Waals surface area (Å²) < 4.78 is 4.74. The molecule has 0 bridgehead atoms. The maximum Gasteiger partial charge on any atom is 0.275 e. The molecule has 0 amide bonds. The molecule has 0 saturated carbocycles. The molecule has 1 aromatic heterocycles. The van der Waals surface area contributed by atoms with E-state index in [9.17, 15) is 4.79 Å². The number of rotatable bonds is 2. The van der Waals surface area contributed by atoms with Crippen LogP contribution in [0.1, 0.15) is 9.67 Å². The number of methoxy groups -OCH3 is 1. The summed E-state index contributed by atoms with van der Waals surface area (Å²) in [5.74, 6) is 0. The molecule has 0 aliphatic carbocycles. The van der Waals surface area contributed by atoms with Crippen molar-refractivity contribution >= 4 is 29.2 Å². The van der Waals surface area contributed by atoms with Crippen molar-refractivity contribution in [1.29, 1.82) is 0 Å². The first-order valence-electron chi connectivity index (χ1n) is 2.43. The Labute approximate surface area is 66.6 Å². The molecule has 0 atom stereocenters. The minimum absolute atomic E-state index is 0.205. The Morgan fingerprint density at radius 2 is 2.50 bits per heavy atom. The molecule has 10 heavy (non-hydrogen) atoms. The monoisotopic (exact) mass is 177 g/mol. The third kappa shape index (κ3) is 1.27. The lowest BCUT2D eigenvalue weighted by Crippen LogP contribution is -1.77. The zero-order chi connectivity index (χ0) is 7.56. The van der Waals surface area contributed by atoms with Gasteiger partial charge in [-0.25, -0.2) is 0 Å². The van der Waals surface area contributed by atoms with Gasteiger partial charge in [-0.05, 0) is 0 Å². The van der Waals surface area contributed by atoms with E-state index in [0.717, 1.165) is 11.3 Å². The molecule has 1 rings (SSSR count). The van der Waals surface area contributed by atoms with Gasteiger partial charge >= 0.3 is 0 Å². The van der Waals surface area contributed by atoms with Gasteiger partial charge in [-0.15, -0.1) is 0 Å². The fourth-order valence-corrected chi connectivity index (χ4v) is 1.33. The predicted octanol–water partition coefficient (Wildman–Crippen LogP) is 1.62. The maximum absolute atomic E-state index is 10.2. The van der Waals surface area contributed by atoms with E-state index in [1.807, 2.05) is 0 Å². The van der Waals surface area contributed by atoms with Crippen molar-refractivity contribution in [2.45, 2.75) is 0 Å². The smallest absolute Gasteiger partial charge is 0.275 e. The summed E-state index contributed by atoms with van der Waals surface area (Å²) >= 11 is 6.64. The van der Waals surface area contributed by atoms with E-state index in [-0.39, 0.29) is 5.15 Å². The molecule has 0 aromatic carbocycles. The van der Waals surface area contributed by atoms with E-state index < -0.39 is 0 Å². The lowest BCUT2D eigenvalue weighted by Gasteiger charge is -1.84. The third-order valence-corrected chi connectivity index (χ3v) is 2.21. The first-order chi connectivity index (χ1) is 4.77. The number of carbonyl (C=O) groups excluding carboxylic acids is 1. The number of nitrogens with zero attached hydrogens (tertiary/aromatic N) is 1. The van der Waals surface area contributed by atoms with E-state index >= 15 is 0 Å². The predicted molar refractivity (Wildman–Crippen MR) is 39.1 cm³/mol. The van der Waals surface area contributed by atoms with Crippen LogP contribution in [0.2, 0.25) is 5.15 Å². The molecule has 3 nitrogen and oxygen atoms in total. The van der Waals surface area contributed by atoms with E-state index in [1.165, 1.54) is 7.11 Å². The molecule has 0 N–H and O–H groups in total. The van der Waals surface area contributed by atoms with Gasteiger partial charge in [0.15, 0.2) is 11.4 Å². The van der Waals surface area contributed by atoms with Gasteiger partial charge in [0.05, 0.1) is 7.11 Å². The van der Waals surface area contributed by atoms with E-state index in [1.54, 1.807) is 0 Å². The van der Waals surface area contributed by atoms with Gasteiger partial charge in [-0.2, -0.15) is 4.98 Å². The van der Waals surface area contributed by atoms with Crippen LogP contribution in [-0.4, -0.2) is 18.4 Å². The highest BCUT2D eigenvalue weighted by Crippen LogP contribution is 2.26. The molecule has 0 fully saturated rings. The molecule has 54 valence electrons. The van der Waals surface area contributed by atoms with E-state index in [0.29, 0.717) is 16.4 Å². The fourth-order valence-electron chi connectivity index (χ4n) is 0.454. The second-order valence-electron chi connectivity index (χ2n) is 1.46. The van der Waals surface area contributed by atoms with Crippen molar-refractivity contribution in [1.82, 2.24) is 4.98 Å². The number of carbonyl (C=O) groups is 1. The molecule has 0 aliphatic heterocycles. The van der Waals surface area contributed by atoms with Gasteiger partial charge in [0.25, 0.3) is 5.19 Å². The van der Waals surface area contributed by atoms with Crippen molar-refractivity contribution in [2.24, 2.45) is 0 Å². The minimum atomic E-state index is 0.205. The summed E-state index contributed by atoms with van der Waals surface area (Å²) in [7, 11) is 1.48. The van der Waals surface area contributed by atoms with Crippen LogP contribution in [0.4, 0.5) is 0 Å². The van der Waals surface area contributed by atoms with Crippen molar-refractivity contribution in [3.8, 4) is 5.19 Å². The van der Waals surface area contributed by atoms with Crippen LogP contribution in [0.3, 0.4) is 0 Å². The lowest BCUT2D eigenvalue weighted by molar-refractivity contribution is 0.112. The number of hydrogen-bond donors (Lipinski definition) is 0. The number of halogens is 1. The molecular formula is C5H4ClNO2S. The lowest BCUT2D eigenvalue weighted by atomic mass is 10.6. The Balaban J connectivity index is 3.03. The first kappa shape index (κ1) is 7.50. The Hall–Kier alpha value is -0.610. The van der Waals surface area contributed by atoms with Crippen LogP contribution in [0.15, 0.2) is 0 Å². The van der Waals surface area contributed by atoms with E-state index in [4.69, 9.17) is 16.3 Å². The SMILES string of the molecule is COc1nc(Cl)c(C=O)s1. The summed E-state index contributed by atoms with van der Waals surface area (Å²) in [5.41, 5.74) is 0. The zero-order valence-corrected chi connectivity index (χ0v) is 6.70. The van der Waals surface area contributed by atoms with Crippen molar-refractivity contribution < 1.29 is 9.53 Å². The van der Waals surface area contributed by atoms with Crippen molar-refractivity contribution in [2.75, 3.05) is 7.11 Å². The van der Waals surface area contributed by atoms with Gasteiger partial charge in [-0.3, -0.25) is 4.79 Å². The largest absolute Gasteiger partial charge is 0.473 e. The number of ether oxygens (including phenoxy) is 1. The first-order valence-corrected chi connectivity index (χ1v) is 3.63. The van der Waals surface area contributed by atoms with Gasteiger partial charge in [0.1, 0.15) is 4.88 Å². The summed E-state index contributed by atoms with van der Waals surface area (Å²) in [6, 6.07) is 0. The van der Waals surface area contributed by atoms with Crippen LogP contribution in [0.25, 0.3) is 0 Å². The van der Waals surface area contributed by atoms with Gasteiger partial charge < -0.3 is 4.74 Å². The highest BCUT2D eigenvalue weighted by atomic mass is 35.5. The van der Waals surface area contributed by atoms with Crippen molar-refractivity contribution in [3.05, 3.63) is 10.0 Å². The Bertz CT molecular complexity index is 248. The normalized spacial score (nSPS) is 9.40. The van der Waals surface area contributed by atoms with Crippen LogP contribution in [0.5, 0.6) is 5.19 Å². The third-order valence-electron chi connectivity index (χ3n) is 0.872. The van der Waals surface area contributed by atoms with Crippen molar-refractivity contribution in [3.63, 3.8) is 0 Å². The summed E-state index contributed by atoms with van der Waals surface area (Å²) in [6.45, 7) is 0. The molecule has 1 aromatic rings. The van der Waals surface area contributed by atoms with Crippen LogP contribution < -0.4 is 4.74 Å². The molecular weight excluding hydrogens is 174 g/mol. The summed E-state index contributed by atoms with van der Waals surface area (Å²) in [6.07, 6.45) is 0.655. The highest BCUT2D eigenvalue weighted by Gasteiger charge is 2.06. The average Bonchev–Trinajstić information content (AvgIpc) is 2.30. The highest BCUT2D eigenvalue weighted by molar-refractivity contribution is 7.15. The molecule has 0 unspecified atom stereocenters. The standard InChI is InChI=1S/C5H4ClNO2S/c1-9-5-7-4(6)3(2-8)10-5/h2H,1H3. The molecule has 0 aliphatic rings. The number of thiazole rings is 1. The van der Waals surface area contributed by atoms with E-state index in [2.05, 4.69) is 4.98 Å². The minimum Gasteiger partial charge on any atom is -0.473 e. The van der Waals surface area contributed by atoms with Crippen LogP contribution in [0, 0.1) is 0 Å². The molecule has 0 saturated heterocycles. The van der Waals surface area contributed by atoms with Gasteiger partial charge in [0, 0.05) is 0 Å². The Kier molecular flexibility index (Phi) is 2.24.